The zero-order valence-corrected chi connectivity index (χ0v) is 17.7. The fraction of sp³-hybridized carbons (Fsp3) is 0.318. The molecule has 0 saturated carbocycles. The quantitative estimate of drug-likeness (QED) is 0.520. The first-order valence-corrected chi connectivity index (χ1v) is 10.8. The number of amides is 2. The number of carbonyl (C=O) groups is 1. The third kappa shape index (κ3) is 3.69. The van der Waals surface area contributed by atoms with Gasteiger partial charge in [-0.3, -0.25) is 0 Å². The number of nitrogens with one attached hydrogen (secondary N) is 2. The lowest BCUT2D eigenvalue weighted by molar-refractivity contribution is 0.249. The molecule has 3 aromatic rings. The molecule has 2 heterocycles. The van der Waals surface area contributed by atoms with Gasteiger partial charge in [-0.05, 0) is 74.9 Å². The van der Waals surface area contributed by atoms with Gasteiger partial charge in [-0.25, -0.2) is 4.79 Å². The van der Waals surface area contributed by atoms with Crippen molar-refractivity contribution in [3.63, 3.8) is 0 Å². The first kappa shape index (κ1) is 19.1. The number of nitrogens with zero attached hydrogens (tertiary/aromatic N) is 1. The highest BCUT2D eigenvalue weighted by atomic mass is 35.5. The van der Waals surface area contributed by atoms with Crippen molar-refractivity contribution in [2.45, 2.75) is 45.6 Å². The standard InChI is InChI=1S/C22H24ClN3OS/c1-14-17(23)9-7-10-18(14)25-22(27)24-15(2)20-16-8-3-4-11-19(16)28-21(20)26-12-5-6-13-26/h5-7,9-10,12-13,15H,3-4,8,11H2,1-2H3,(H2,24,25,27). The van der Waals surface area contributed by atoms with Crippen molar-refractivity contribution in [3.05, 3.63) is 69.3 Å². The monoisotopic (exact) mass is 413 g/mol. The van der Waals surface area contributed by atoms with Crippen LogP contribution in [-0.4, -0.2) is 10.6 Å². The minimum Gasteiger partial charge on any atom is -0.331 e. The van der Waals surface area contributed by atoms with E-state index in [1.807, 2.05) is 48.6 Å². The molecule has 0 aliphatic heterocycles. The van der Waals surface area contributed by atoms with Crippen LogP contribution in [0.25, 0.3) is 5.00 Å². The second-order valence-electron chi connectivity index (χ2n) is 7.25. The van der Waals surface area contributed by atoms with Crippen molar-refractivity contribution >= 4 is 34.7 Å². The van der Waals surface area contributed by atoms with Gasteiger partial charge in [0.15, 0.2) is 0 Å². The highest BCUT2D eigenvalue weighted by Crippen LogP contribution is 2.40. The Morgan fingerprint density at radius 3 is 2.71 bits per heavy atom. The summed E-state index contributed by atoms with van der Waals surface area (Å²) in [5.74, 6) is 0. The number of halogens is 1. The molecule has 1 aromatic carbocycles. The van der Waals surface area contributed by atoms with Crippen molar-refractivity contribution in [1.82, 2.24) is 9.88 Å². The van der Waals surface area contributed by atoms with Crippen LogP contribution in [0.5, 0.6) is 0 Å². The minimum atomic E-state index is -0.216. The normalized spacial score (nSPS) is 14.4. The summed E-state index contributed by atoms with van der Waals surface area (Å²) >= 11 is 8.03. The first-order chi connectivity index (χ1) is 13.5. The predicted molar refractivity (Wildman–Crippen MR) is 117 cm³/mol. The molecule has 0 fully saturated rings. The second kappa shape index (κ2) is 8.02. The fourth-order valence-corrected chi connectivity index (χ4v) is 5.48. The van der Waals surface area contributed by atoms with Crippen LogP contribution in [0.3, 0.4) is 0 Å². The first-order valence-electron chi connectivity index (χ1n) is 9.65. The minimum absolute atomic E-state index is 0.0880. The van der Waals surface area contributed by atoms with Gasteiger partial charge in [-0.2, -0.15) is 0 Å². The van der Waals surface area contributed by atoms with Gasteiger partial charge in [-0.15, -0.1) is 11.3 Å². The molecule has 2 aromatic heterocycles. The zero-order chi connectivity index (χ0) is 19.7. The maximum absolute atomic E-state index is 12.7. The Balaban J connectivity index is 1.59. The van der Waals surface area contributed by atoms with Crippen LogP contribution < -0.4 is 10.6 Å². The lowest BCUT2D eigenvalue weighted by Crippen LogP contribution is -2.32. The average Bonchev–Trinajstić information content (AvgIpc) is 3.32. The summed E-state index contributed by atoms with van der Waals surface area (Å²) in [5.41, 5.74) is 4.27. The van der Waals surface area contributed by atoms with Crippen molar-refractivity contribution in [2.24, 2.45) is 0 Å². The number of hydrogen-bond donors (Lipinski definition) is 2. The van der Waals surface area contributed by atoms with Gasteiger partial charge in [0.2, 0.25) is 0 Å². The summed E-state index contributed by atoms with van der Waals surface area (Å²) in [5, 5.41) is 7.93. The Hall–Kier alpha value is -2.24. The maximum Gasteiger partial charge on any atom is 0.319 e. The van der Waals surface area contributed by atoms with E-state index in [4.69, 9.17) is 11.6 Å². The number of fused-ring (bicyclic) bond motifs is 1. The number of thiophene rings is 1. The van der Waals surface area contributed by atoms with E-state index < -0.39 is 0 Å². The Morgan fingerprint density at radius 2 is 1.93 bits per heavy atom. The van der Waals surface area contributed by atoms with E-state index in [2.05, 4.69) is 34.5 Å². The summed E-state index contributed by atoms with van der Waals surface area (Å²) in [6.45, 7) is 3.97. The van der Waals surface area contributed by atoms with E-state index in [1.54, 1.807) is 0 Å². The number of aromatic nitrogens is 1. The molecule has 1 unspecified atom stereocenters. The van der Waals surface area contributed by atoms with Gasteiger partial charge in [-0.1, -0.05) is 17.7 Å². The highest BCUT2D eigenvalue weighted by molar-refractivity contribution is 7.15. The molecule has 0 spiro atoms. The van der Waals surface area contributed by atoms with Gasteiger partial charge >= 0.3 is 6.03 Å². The fourth-order valence-electron chi connectivity index (χ4n) is 3.85. The molecule has 4 nitrogen and oxygen atoms in total. The summed E-state index contributed by atoms with van der Waals surface area (Å²) in [6, 6.07) is 9.30. The second-order valence-corrected chi connectivity index (χ2v) is 8.74. The van der Waals surface area contributed by atoms with Crippen LogP contribution in [0.15, 0.2) is 42.7 Å². The SMILES string of the molecule is Cc1c(Cl)cccc1NC(=O)NC(C)c1c(-n2cccc2)sc2c1CCCC2. The summed E-state index contributed by atoms with van der Waals surface area (Å²) in [6.07, 6.45) is 8.82. The number of rotatable bonds is 4. The highest BCUT2D eigenvalue weighted by Gasteiger charge is 2.26. The molecule has 1 atom stereocenters. The van der Waals surface area contributed by atoms with E-state index in [-0.39, 0.29) is 12.1 Å². The summed E-state index contributed by atoms with van der Waals surface area (Å²) < 4.78 is 2.16. The molecular formula is C22H24ClN3OS. The van der Waals surface area contributed by atoms with Crippen LogP contribution >= 0.6 is 22.9 Å². The molecular weight excluding hydrogens is 390 g/mol. The number of urea groups is 1. The van der Waals surface area contributed by atoms with Gasteiger partial charge < -0.3 is 15.2 Å². The van der Waals surface area contributed by atoms with Gasteiger partial charge in [0.05, 0.1) is 6.04 Å². The summed E-state index contributed by atoms with van der Waals surface area (Å²) in [4.78, 5) is 14.1. The van der Waals surface area contributed by atoms with E-state index in [0.29, 0.717) is 5.02 Å². The third-order valence-electron chi connectivity index (χ3n) is 5.33. The number of hydrogen-bond acceptors (Lipinski definition) is 2. The number of carbonyl (C=O) groups excluding carboxylic acids is 1. The number of benzene rings is 1. The molecule has 0 radical (unpaired) electrons. The molecule has 1 aliphatic rings. The lowest BCUT2D eigenvalue weighted by Gasteiger charge is -2.20. The largest absolute Gasteiger partial charge is 0.331 e. The van der Waals surface area contributed by atoms with E-state index in [0.717, 1.165) is 24.1 Å². The molecule has 1 aliphatic carbocycles. The average molecular weight is 414 g/mol. The smallest absolute Gasteiger partial charge is 0.319 e. The van der Waals surface area contributed by atoms with Crippen LogP contribution in [0.2, 0.25) is 5.02 Å². The van der Waals surface area contributed by atoms with Crippen LogP contribution in [0.4, 0.5) is 10.5 Å². The van der Waals surface area contributed by atoms with E-state index in [9.17, 15) is 4.79 Å². The summed E-state index contributed by atoms with van der Waals surface area (Å²) in [7, 11) is 0. The predicted octanol–water partition coefficient (Wildman–Crippen LogP) is 6.26. The molecule has 4 rings (SSSR count). The molecule has 2 amide bonds. The molecule has 28 heavy (non-hydrogen) atoms. The van der Waals surface area contributed by atoms with Crippen molar-refractivity contribution in [3.8, 4) is 5.00 Å². The van der Waals surface area contributed by atoms with Crippen molar-refractivity contribution < 1.29 is 4.79 Å². The van der Waals surface area contributed by atoms with E-state index >= 15 is 0 Å². The Kier molecular flexibility index (Phi) is 5.47. The Labute approximate surface area is 174 Å². The number of anilines is 1. The Bertz CT molecular complexity index is 994. The molecule has 0 bridgehead atoms. The number of aryl methyl sites for hydroxylation is 1. The molecule has 2 N–H and O–H groups in total. The van der Waals surface area contributed by atoms with Gasteiger partial charge in [0, 0.05) is 33.5 Å². The zero-order valence-electron chi connectivity index (χ0n) is 16.1. The molecule has 146 valence electrons. The van der Waals surface area contributed by atoms with Crippen molar-refractivity contribution in [1.29, 1.82) is 0 Å². The third-order valence-corrected chi connectivity index (χ3v) is 7.06. The topological polar surface area (TPSA) is 46.1 Å². The maximum atomic E-state index is 12.7. The van der Waals surface area contributed by atoms with Crippen LogP contribution in [0, 0.1) is 6.92 Å². The Morgan fingerprint density at radius 1 is 1.18 bits per heavy atom. The molecule has 0 saturated heterocycles. The van der Waals surface area contributed by atoms with Crippen molar-refractivity contribution in [2.75, 3.05) is 5.32 Å². The van der Waals surface area contributed by atoms with Crippen LogP contribution in [-0.2, 0) is 12.8 Å². The van der Waals surface area contributed by atoms with Crippen LogP contribution in [0.1, 0.15) is 47.4 Å². The van der Waals surface area contributed by atoms with Gasteiger partial charge in [0.25, 0.3) is 0 Å². The van der Waals surface area contributed by atoms with E-state index in [1.165, 1.54) is 33.8 Å². The van der Waals surface area contributed by atoms with Gasteiger partial charge in [0.1, 0.15) is 5.00 Å². The lowest BCUT2D eigenvalue weighted by atomic mass is 9.93. The molecule has 6 heteroatoms.